The van der Waals surface area contributed by atoms with E-state index in [1.54, 1.807) is 35.4 Å². The van der Waals surface area contributed by atoms with Crippen LogP contribution in [0.3, 0.4) is 0 Å². The van der Waals surface area contributed by atoms with Crippen molar-refractivity contribution in [1.29, 1.82) is 0 Å². The van der Waals surface area contributed by atoms with Crippen molar-refractivity contribution in [3.05, 3.63) is 70.4 Å². The molecule has 1 fully saturated rings. The smallest absolute Gasteiger partial charge is 0.274 e. The molecule has 3 aromatic rings. The standard InChI is InChI=1S/C22H22Cl2N4O2/c1-27-13-21(26-14-27)22(29)28(17-5-8-30-9-6-17)12-15-4-7-25-20(10-15)16-2-3-18(23)19(24)11-16/h2-4,7,10-11,13-14,17H,5-6,8-9,12H2,1H3. The fraction of sp³-hybridized carbons (Fsp3) is 0.318. The minimum atomic E-state index is -0.0737. The van der Waals surface area contributed by atoms with Gasteiger partial charge in [0.1, 0.15) is 5.69 Å². The lowest BCUT2D eigenvalue weighted by molar-refractivity contribution is 0.0264. The molecule has 1 amide bonds. The summed E-state index contributed by atoms with van der Waals surface area (Å²) in [6.07, 6.45) is 6.76. The number of rotatable bonds is 5. The van der Waals surface area contributed by atoms with Gasteiger partial charge < -0.3 is 14.2 Å². The molecule has 156 valence electrons. The van der Waals surface area contributed by atoms with Crippen molar-refractivity contribution < 1.29 is 9.53 Å². The van der Waals surface area contributed by atoms with Gasteiger partial charge in [0.25, 0.3) is 5.91 Å². The summed E-state index contributed by atoms with van der Waals surface area (Å²) < 4.78 is 7.28. The third-order valence-electron chi connectivity index (χ3n) is 5.21. The molecule has 0 atom stereocenters. The zero-order valence-corrected chi connectivity index (χ0v) is 18.1. The number of pyridine rings is 1. The summed E-state index contributed by atoms with van der Waals surface area (Å²) in [7, 11) is 1.86. The molecule has 30 heavy (non-hydrogen) atoms. The van der Waals surface area contributed by atoms with Gasteiger partial charge in [-0.3, -0.25) is 9.78 Å². The number of amides is 1. The molecule has 1 saturated heterocycles. The van der Waals surface area contributed by atoms with Crippen LogP contribution in [0.4, 0.5) is 0 Å². The lowest BCUT2D eigenvalue weighted by Gasteiger charge is -2.34. The molecule has 0 aliphatic carbocycles. The average molecular weight is 445 g/mol. The van der Waals surface area contributed by atoms with Crippen LogP contribution in [0.2, 0.25) is 10.0 Å². The molecule has 0 spiro atoms. The summed E-state index contributed by atoms with van der Waals surface area (Å²) in [4.78, 5) is 23.9. The number of hydrogen-bond donors (Lipinski definition) is 0. The zero-order valence-electron chi connectivity index (χ0n) is 16.6. The maximum atomic E-state index is 13.3. The van der Waals surface area contributed by atoms with Gasteiger partial charge >= 0.3 is 0 Å². The number of benzene rings is 1. The number of carbonyl (C=O) groups excluding carboxylic acids is 1. The molecule has 2 aromatic heterocycles. The van der Waals surface area contributed by atoms with Gasteiger partial charge in [-0.1, -0.05) is 29.3 Å². The summed E-state index contributed by atoms with van der Waals surface area (Å²) in [5, 5.41) is 0.985. The number of hydrogen-bond acceptors (Lipinski definition) is 4. The highest BCUT2D eigenvalue weighted by Crippen LogP contribution is 2.28. The first-order chi connectivity index (χ1) is 14.5. The van der Waals surface area contributed by atoms with Gasteiger partial charge in [-0.15, -0.1) is 0 Å². The van der Waals surface area contributed by atoms with Gasteiger partial charge in [0.2, 0.25) is 0 Å². The van der Waals surface area contributed by atoms with E-state index in [9.17, 15) is 4.79 Å². The Morgan fingerprint density at radius 3 is 2.67 bits per heavy atom. The molecular formula is C22H22Cl2N4O2. The van der Waals surface area contributed by atoms with Crippen LogP contribution in [0.25, 0.3) is 11.3 Å². The molecule has 0 radical (unpaired) electrons. The Hall–Kier alpha value is -2.41. The highest BCUT2D eigenvalue weighted by molar-refractivity contribution is 6.42. The Labute approximate surface area is 185 Å². The van der Waals surface area contributed by atoms with Crippen LogP contribution in [0, 0.1) is 0 Å². The number of carbonyl (C=O) groups is 1. The quantitative estimate of drug-likeness (QED) is 0.576. The Balaban J connectivity index is 1.62. The number of halogens is 2. The molecule has 0 saturated carbocycles. The number of aryl methyl sites for hydroxylation is 1. The summed E-state index contributed by atoms with van der Waals surface area (Å²) in [6, 6.07) is 9.46. The molecule has 1 aliphatic rings. The predicted molar refractivity (Wildman–Crippen MR) is 117 cm³/mol. The van der Waals surface area contributed by atoms with Crippen LogP contribution >= 0.6 is 23.2 Å². The second kappa shape index (κ2) is 9.16. The van der Waals surface area contributed by atoms with Crippen molar-refractivity contribution in [1.82, 2.24) is 19.4 Å². The summed E-state index contributed by atoms with van der Waals surface area (Å²) in [6.45, 7) is 1.78. The minimum absolute atomic E-state index is 0.0737. The molecular weight excluding hydrogens is 423 g/mol. The van der Waals surface area contributed by atoms with E-state index in [0.29, 0.717) is 35.5 Å². The van der Waals surface area contributed by atoms with Gasteiger partial charge in [-0.25, -0.2) is 4.98 Å². The number of aromatic nitrogens is 3. The first-order valence-electron chi connectivity index (χ1n) is 9.78. The first kappa shape index (κ1) is 20.8. The third-order valence-corrected chi connectivity index (χ3v) is 5.95. The van der Waals surface area contributed by atoms with Crippen molar-refractivity contribution in [2.24, 2.45) is 7.05 Å². The fourth-order valence-electron chi connectivity index (χ4n) is 3.62. The molecule has 4 rings (SSSR count). The second-order valence-corrected chi connectivity index (χ2v) is 8.19. The summed E-state index contributed by atoms with van der Waals surface area (Å²) in [5.41, 5.74) is 3.09. The lowest BCUT2D eigenvalue weighted by Crippen LogP contribution is -2.43. The van der Waals surface area contributed by atoms with Gasteiger partial charge in [0.05, 0.1) is 22.1 Å². The molecule has 6 nitrogen and oxygen atoms in total. The van der Waals surface area contributed by atoms with E-state index in [1.165, 1.54) is 0 Å². The fourth-order valence-corrected chi connectivity index (χ4v) is 3.91. The minimum Gasteiger partial charge on any atom is -0.381 e. The van der Waals surface area contributed by atoms with Gasteiger partial charge in [-0.2, -0.15) is 0 Å². The van der Waals surface area contributed by atoms with E-state index in [1.807, 2.05) is 30.1 Å². The average Bonchev–Trinajstić information content (AvgIpc) is 3.21. The molecule has 1 aromatic carbocycles. The largest absolute Gasteiger partial charge is 0.381 e. The van der Waals surface area contributed by atoms with Crippen LogP contribution in [0.15, 0.2) is 49.1 Å². The van der Waals surface area contributed by atoms with Crippen LogP contribution in [0.1, 0.15) is 28.9 Å². The maximum absolute atomic E-state index is 13.3. The van der Waals surface area contributed by atoms with Crippen LogP contribution in [-0.4, -0.2) is 44.6 Å². The van der Waals surface area contributed by atoms with E-state index in [0.717, 1.165) is 29.7 Å². The van der Waals surface area contributed by atoms with Gasteiger partial charge in [-0.05, 0) is 42.7 Å². The first-order valence-corrected chi connectivity index (χ1v) is 10.5. The van der Waals surface area contributed by atoms with Gasteiger partial charge in [0.15, 0.2) is 0 Å². The highest BCUT2D eigenvalue weighted by atomic mass is 35.5. The van der Waals surface area contributed by atoms with E-state index >= 15 is 0 Å². The Bertz CT molecular complexity index is 1050. The van der Waals surface area contributed by atoms with E-state index in [4.69, 9.17) is 27.9 Å². The summed E-state index contributed by atoms with van der Waals surface area (Å²) in [5.74, 6) is -0.0737. The van der Waals surface area contributed by atoms with Crippen LogP contribution in [-0.2, 0) is 18.3 Å². The summed E-state index contributed by atoms with van der Waals surface area (Å²) >= 11 is 12.2. The normalized spacial score (nSPS) is 14.6. The van der Waals surface area contributed by atoms with Crippen LogP contribution < -0.4 is 0 Å². The molecule has 3 heterocycles. The highest BCUT2D eigenvalue weighted by Gasteiger charge is 2.28. The SMILES string of the molecule is Cn1cnc(C(=O)N(Cc2ccnc(-c3ccc(Cl)c(Cl)c3)c2)C2CCOCC2)c1. The molecule has 0 N–H and O–H groups in total. The van der Waals surface area contributed by atoms with E-state index < -0.39 is 0 Å². The molecule has 0 bridgehead atoms. The lowest BCUT2D eigenvalue weighted by atomic mass is 10.0. The molecule has 0 unspecified atom stereocenters. The molecule has 8 heteroatoms. The third kappa shape index (κ3) is 4.67. The maximum Gasteiger partial charge on any atom is 0.274 e. The van der Waals surface area contributed by atoms with Crippen molar-refractivity contribution in [3.8, 4) is 11.3 Å². The number of imidazole rings is 1. The Kier molecular flexibility index (Phi) is 6.37. The monoisotopic (exact) mass is 444 g/mol. The topological polar surface area (TPSA) is 60.2 Å². The Morgan fingerprint density at radius 1 is 1.17 bits per heavy atom. The number of ether oxygens (including phenoxy) is 1. The van der Waals surface area contributed by atoms with Crippen molar-refractivity contribution >= 4 is 29.1 Å². The number of nitrogens with zero attached hydrogens (tertiary/aromatic N) is 4. The second-order valence-electron chi connectivity index (χ2n) is 7.38. The predicted octanol–water partition coefficient (Wildman–Crippen LogP) is 4.61. The van der Waals surface area contributed by atoms with Crippen molar-refractivity contribution in [3.63, 3.8) is 0 Å². The van der Waals surface area contributed by atoms with Crippen molar-refractivity contribution in [2.75, 3.05) is 13.2 Å². The van der Waals surface area contributed by atoms with Gasteiger partial charge in [0, 0.05) is 50.8 Å². The molecule has 1 aliphatic heterocycles. The Morgan fingerprint density at radius 2 is 1.97 bits per heavy atom. The van der Waals surface area contributed by atoms with E-state index in [-0.39, 0.29) is 11.9 Å². The van der Waals surface area contributed by atoms with E-state index in [2.05, 4.69) is 9.97 Å². The van der Waals surface area contributed by atoms with Crippen molar-refractivity contribution in [2.45, 2.75) is 25.4 Å². The zero-order chi connectivity index (χ0) is 21.1. The van der Waals surface area contributed by atoms with Crippen LogP contribution in [0.5, 0.6) is 0 Å².